The number of carbonyl (C=O) groups excluding carboxylic acids is 1. The monoisotopic (exact) mass is 394 g/mol. The molecule has 29 heavy (non-hydrogen) atoms. The molecule has 2 N–H and O–H groups in total. The summed E-state index contributed by atoms with van der Waals surface area (Å²) in [6.07, 6.45) is 7.32. The Bertz CT molecular complexity index is 729. The van der Waals surface area contributed by atoms with Crippen LogP contribution in [0.25, 0.3) is 0 Å². The van der Waals surface area contributed by atoms with E-state index in [1.807, 2.05) is 36.4 Å². The van der Waals surface area contributed by atoms with Crippen LogP contribution in [0.3, 0.4) is 0 Å². The summed E-state index contributed by atoms with van der Waals surface area (Å²) in [5, 5.41) is 0. The van der Waals surface area contributed by atoms with Crippen molar-refractivity contribution in [3.8, 4) is 11.5 Å². The average Bonchev–Trinajstić information content (AvgIpc) is 2.72. The summed E-state index contributed by atoms with van der Waals surface area (Å²) in [6.45, 7) is 3.76. The Balaban J connectivity index is 1.68. The summed E-state index contributed by atoms with van der Waals surface area (Å²) in [7, 11) is 0. The van der Waals surface area contributed by atoms with E-state index in [0.29, 0.717) is 19.6 Å². The fourth-order valence-electron chi connectivity index (χ4n) is 3.35. The van der Waals surface area contributed by atoms with Gasteiger partial charge < -0.3 is 15.2 Å². The second-order valence-electron chi connectivity index (χ2n) is 7.37. The highest BCUT2D eigenvalue weighted by Gasteiger charge is 2.09. The van der Waals surface area contributed by atoms with Gasteiger partial charge in [-0.2, -0.15) is 0 Å². The third-order valence-corrected chi connectivity index (χ3v) is 4.92. The number of unbranched alkanes of at least 4 members (excludes halogenated alkanes) is 2. The van der Waals surface area contributed by atoms with E-state index < -0.39 is 0 Å². The third kappa shape index (κ3) is 7.62. The molecule has 1 amide bonds. The molecule has 0 saturated carbocycles. The van der Waals surface area contributed by atoms with Crippen molar-refractivity contribution in [2.45, 2.75) is 38.8 Å². The lowest BCUT2D eigenvalue weighted by molar-refractivity contribution is -0.118. The highest BCUT2D eigenvalue weighted by atomic mass is 16.5. The molecule has 5 heteroatoms. The first kappa shape index (κ1) is 20.9. The van der Waals surface area contributed by atoms with Crippen LogP contribution in [0.15, 0.2) is 60.7 Å². The van der Waals surface area contributed by atoms with Gasteiger partial charge in [-0.25, -0.2) is 0 Å². The van der Waals surface area contributed by atoms with Crippen molar-refractivity contribution in [2.24, 2.45) is 5.73 Å². The van der Waals surface area contributed by atoms with Gasteiger partial charge >= 0.3 is 0 Å². The lowest BCUT2D eigenvalue weighted by atomic mass is 10.1. The number of rotatable bonds is 6. The van der Waals surface area contributed by atoms with Gasteiger partial charge in [-0.15, -0.1) is 0 Å². The van der Waals surface area contributed by atoms with Gasteiger partial charge in [-0.3, -0.25) is 9.69 Å². The minimum absolute atomic E-state index is 0.217. The smallest absolute Gasteiger partial charge is 0.217 e. The van der Waals surface area contributed by atoms with Gasteiger partial charge in [0, 0.05) is 19.5 Å². The highest BCUT2D eigenvalue weighted by Crippen LogP contribution is 2.18. The molecular weight excluding hydrogens is 364 g/mol. The molecule has 5 nitrogen and oxygen atoms in total. The van der Waals surface area contributed by atoms with Gasteiger partial charge in [-0.1, -0.05) is 30.7 Å². The van der Waals surface area contributed by atoms with E-state index in [4.69, 9.17) is 15.2 Å². The molecule has 0 aromatic heterocycles. The number of nitrogens with zero attached hydrogens (tertiary/aromatic N) is 1. The maximum atomic E-state index is 10.9. The maximum Gasteiger partial charge on any atom is 0.217 e. The first-order chi connectivity index (χ1) is 14.2. The van der Waals surface area contributed by atoms with E-state index in [0.717, 1.165) is 50.4 Å². The van der Waals surface area contributed by atoms with Crippen molar-refractivity contribution in [1.82, 2.24) is 4.90 Å². The second kappa shape index (κ2) is 11.3. The molecule has 0 unspecified atom stereocenters. The SMILES string of the molecule is NC(=O)CCCCCN1Cc2ccc(cc2)OC/C=C\COc2ccc(cc2)C1. The van der Waals surface area contributed by atoms with Crippen LogP contribution in [0.2, 0.25) is 0 Å². The van der Waals surface area contributed by atoms with Crippen LogP contribution in [-0.2, 0) is 17.9 Å². The van der Waals surface area contributed by atoms with Crippen molar-refractivity contribution in [3.63, 3.8) is 0 Å². The molecule has 0 spiro atoms. The normalized spacial score (nSPS) is 16.0. The number of carbonyl (C=O) groups is 1. The van der Waals surface area contributed by atoms with Gasteiger partial charge in [0.1, 0.15) is 24.7 Å². The molecule has 2 aromatic carbocycles. The van der Waals surface area contributed by atoms with E-state index in [1.165, 1.54) is 11.1 Å². The topological polar surface area (TPSA) is 64.8 Å². The van der Waals surface area contributed by atoms with Gasteiger partial charge in [-0.05, 0) is 66.9 Å². The molecular formula is C24H30N2O3. The van der Waals surface area contributed by atoms with Crippen LogP contribution in [0, 0.1) is 0 Å². The lowest BCUT2D eigenvalue weighted by Gasteiger charge is -2.23. The molecule has 0 radical (unpaired) electrons. The van der Waals surface area contributed by atoms with Gasteiger partial charge in [0.05, 0.1) is 0 Å². The largest absolute Gasteiger partial charge is 0.490 e. The first-order valence-electron chi connectivity index (χ1n) is 10.3. The molecule has 4 aliphatic heterocycles. The molecule has 0 aliphatic carbocycles. The maximum absolute atomic E-state index is 10.9. The van der Waals surface area contributed by atoms with Crippen molar-refractivity contribution >= 4 is 5.91 Å². The molecule has 2 aromatic rings. The number of ether oxygens (including phenoxy) is 2. The summed E-state index contributed by atoms with van der Waals surface area (Å²) < 4.78 is 11.5. The van der Waals surface area contributed by atoms with E-state index in [2.05, 4.69) is 29.2 Å². The van der Waals surface area contributed by atoms with Gasteiger partial charge in [0.15, 0.2) is 0 Å². The Morgan fingerprint density at radius 1 is 0.793 bits per heavy atom. The Morgan fingerprint density at radius 3 is 1.79 bits per heavy atom. The minimum atomic E-state index is -0.217. The van der Waals surface area contributed by atoms with Crippen LogP contribution in [0.1, 0.15) is 36.8 Å². The molecule has 4 heterocycles. The second-order valence-corrected chi connectivity index (χ2v) is 7.37. The fourth-order valence-corrected chi connectivity index (χ4v) is 3.35. The summed E-state index contributed by atoms with van der Waals surface area (Å²) in [6, 6.07) is 16.6. The number of primary amides is 1. The summed E-state index contributed by atoms with van der Waals surface area (Å²) in [5.41, 5.74) is 7.75. The molecule has 4 bridgehead atoms. The number of benzene rings is 2. The average molecular weight is 395 g/mol. The third-order valence-electron chi connectivity index (χ3n) is 4.92. The van der Waals surface area contributed by atoms with Crippen LogP contribution < -0.4 is 15.2 Å². The number of hydrogen-bond acceptors (Lipinski definition) is 4. The molecule has 4 aliphatic rings. The minimum Gasteiger partial charge on any atom is -0.490 e. The number of hydrogen-bond donors (Lipinski definition) is 1. The van der Waals surface area contributed by atoms with Gasteiger partial charge in [0.2, 0.25) is 5.91 Å². The first-order valence-corrected chi connectivity index (χ1v) is 10.3. The zero-order valence-corrected chi connectivity index (χ0v) is 16.9. The van der Waals surface area contributed by atoms with Crippen molar-refractivity contribution in [3.05, 3.63) is 71.8 Å². The number of nitrogens with two attached hydrogens (primary N) is 1. The Hall–Kier alpha value is -2.79. The van der Waals surface area contributed by atoms with E-state index in [1.54, 1.807) is 0 Å². The lowest BCUT2D eigenvalue weighted by Crippen LogP contribution is -2.24. The molecule has 6 rings (SSSR count). The number of amides is 1. The Labute approximate surface area is 173 Å². The fraction of sp³-hybridized carbons (Fsp3) is 0.375. The predicted octanol–water partition coefficient (Wildman–Crippen LogP) is 4.06. The highest BCUT2D eigenvalue weighted by molar-refractivity contribution is 5.73. The molecule has 0 atom stereocenters. The van der Waals surface area contributed by atoms with Crippen LogP contribution >= 0.6 is 0 Å². The molecule has 0 fully saturated rings. The van der Waals surface area contributed by atoms with E-state index in [-0.39, 0.29) is 5.91 Å². The van der Waals surface area contributed by atoms with Crippen LogP contribution in [0.5, 0.6) is 11.5 Å². The Kier molecular flexibility index (Phi) is 8.13. The predicted molar refractivity (Wildman–Crippen MR) is 115 cm³/mol. The summed E-state index contributed by atoms with van der Waals surface area (Å²) >= 11 is 0. The zero-order chi connectivity index (χ0) is 20.3. The van der Waals surface area contributed by atoms with Crippen molar-refractivity contribution < 1.29 is 14.3 Å². The zero-order valence-electron chi connectivity index (χ0n) is 16.9. The molecule has 0 saturated heterocycles. The van der Waals surface area contributed by atoms with Crippen LogP contribution in [-0.4, -0.2) is 30.6 Å². The van der Waals surface area contributed by atoms with E-state index in [9.17, 15) is 4.79 Å². The summed E-state index contributed by atoms with van der Waals surface area (Å²) in [5.74, 6) is 1.52. The van der Waals surface area contributed by atoms with Crippen molar-refractivity contribution in [1.29, 1.82) is 0 Å². The quantitative estimate of drug-likeness (QED) is 0.593. The van der Waals surface area contributed by atoms with E-state index >= 15 is 0 Å². The standard InChI is InChI=1S/C24H30N2O3/c25-24(27)6-2-1-3-15-26-18-20-7-11-22(12-8-20)28-16-4-5-17-29-23-13-9-21(19-26)10-14-23/h4-5,7-14H,1-3,6,15-19H2,(H2,25,27)/b5-4-. The summed E-state index contributed by atoms with van der Waals surface area (Å²) in [4.78, 5) is 13.4. The van der Waals surface area contributed by atoms with Gasteiger partial charge in [0.25, 0.3) is 0 Å². The van der Waals surface area contributed by atoms with Crippen molar-refractivity contribution in [2.75, 3.05) is 19.8 Å². The van der Waals surface area contributed by atoms with Crippen LogP contribution in [0.4, 0.5) is 0 Å². The Morgan fingerprint density at radius 2 is 1.31 bits per heavy atom. The molecule has 154 valence electrons.